The summed E-state index contributed by atoms with van der Waals surface area (Å²) in [6.45, 7) is -0.0738. The molecular weight excluding hydrogens is 590 g/mol. The lowest BCUT2D eigenvalue weighted by Crippen LogP contribution is -2.27. The minimum absolute atomic E-state index is 0.0184. The van der Waals surface area contributed by atoms with E-state index in [0.29, 0.717) is 5.56 Å². The highest BCUT2D eigenvalue weighted by Crippen LogP contribution is 2.31. The molecule has 8 nitrogen and oxygen atoms in total. The van der Waals surface area contributed by atoms with Gasteiger partial charge in [-0.1, -0.05) is 36.4 Å². The van der Waals surface area contributed by atoms with Gasteiger partial charge in [0.15, 0.2) is 6.61 Å². The van der Waals surface area contributed by atoms with Crippen molar-refractivity contribution in [1.29, 1.82) is 0 Å². The Labute approximate surface area is 248 Å². The van der Waals surface area contributed by atoms with E-state index in [1.54, 1.807) is 12.1 Å². The summed E-state index contributed by atoms with van der Waals surface area (Å²) in [5.41, 5.74) is 2.02. The number of nitrogens with zero attached hydrogens (tertiary/aromatic N) is 4. The highest BCUT2D eigenvalue weighted by atomic mass is 19.4. The summed E-state index contributed by atoms with van der Waals surface area (Å²) in [6.07, 6.45) is -7.31. The van der Waals surface area contributed by atoms with Crippen LogP contribution in [0.15, 0.2) is 72.8 Å². The number of hydrogen-bond donors (Lipinski definition) is 2. The molecule has 4 aromatic rings. The number of rotatable bonds is 9. The maximum absolute atomic E-state index is 13.1. The Bertz CT molecular complexity index is 1620. The van der Waals surface area contributed by atoms with Crippen LogP contribution in [0.4, 0.5) is 43.9 Å². The average Bonchev–Trinajstić information content (AvgIpc) is 3.54. The SMILES string of the molecule is O=C(c1cccc(-c2cccc(CNc3nc(Nc4cccc(C(F)(F)F)c4)nc(OCC(F)(F)F)n3)c2)c1)N1CCCC1. The predicted octanol–water partition coefficient (Wildman–Crippen LogP) is 7.09. The molecule has 44 heavy (non-hydrogen) atoms. The molecule has 14 heteroatoms. The van der Waals surface area contributed by atoms with Crippen LogP contribution in [0.5, 0.6) is 6.01 Å². The second-order valence-electron chi connectivity index (χ2n) is 10.0. The number of hydrogen-bond acceptors (Lipinski definition) is 7. The molecule has 1 fully saturated rings. The second kappa shape index (κ2) is 12.8. The monoisotopic (exact) mass is 616 g/mol. The van der Waals surface area contributed by atoms with Gasteiger partial charge in [0.1, 0.15) is 0 Å². The fourth-order valence-corrected chi connectivity index (χ4v) is 4.58. The zero-order valence-corrected chi connectivity index (χ0v) is 23.0. The van der Waals surface area contributed by atoms with Crippen LogP contribution >= 0.6 is 0 Å². The number of alkyl halides is 6. The fraction of sp³-hybridized carbons (Fsp3) is 0.267. The molecule has 1 aliphatic heterocycles. The molecule has 0 unspecified atom stereocenters. The summed E-state index contributed by atoms with van der Waals surface area (Å²) in [5, 5.41) is 5.46. The average molecular weight is 617 g/mol. The van der Waals surface area contributed by atoms with Gasteiger partial charge < -0.3 is 20.3 Å². The Hall–Kier alpha value is -4.88. The molecule has 0 radical (unpaired) electrons. The van der Waals surface area contributed by atoms with Gasteiger partial charge in [0.2, 0.25) is 11.9 Å². The Morgan fingerprint density at radius 3 is 2.23 bits per heavy atom. The first kappa shape index (κ1) is 30.6. The van der Waals surface area contributed by atoms with Crippen LogP contribution in [0.3, 0.4) is 0 Å². The quantitative estimate of drug-likeness (QED) is 0.194. The van der Waals surface area contributed by atoms with Crippen LogP contribution in [0, 0.1) is 0 Å². The summed E-state index contributed by atoms with van der Waals surface area (Å²) in [5.74, 6) is -0.516. The van der Waals surface area contributed by atoms with Crippen LogP contribution in [0.2, 0.25) is 0 Å². The molecule has 1 amide bonds. The number of ether oxygens (including phenoxy) is 1. The van der Waals surface area contributed by atoms with E-state index in [1.807, 2.05) is 41.3 Å². The lowest BCUT2D eigenvalue weighted by Gasteiger charge is -2.16. The van der Waals surface area contributed by atoms with Crippen LogP contribution in [-0.4, -0.2) is 51.6 Å². The van der Waals surface area contributed by atoms with Gasteiger partial charge in [-0.3, -0.25) is 4.79 Å². The van der Waals surface area contributed by atoms with Crippen molar-refractivity contribution in [3.63, 3.8) is 0 Å². The van der Waals surface area contributed by atoms with E-state index in [1.165, 1.54) is 6.07 Å². The lowest BCUT2D eigenvalue weighted by molar-refractivity contribution is -0.154. The minimum atomic E-state index is -4.67. The summed E-state index contributed by atoms with van der Waals surface area (Å²) >= 11 is 0. The largest absolute Gasteiger partial charge is 0.454 e. The summed E-state index contributed by atoms with van der Waals surface area (Å²) in [7, 11) is 0. The van der Waals surface area contributed by atoms with E-state index in [-0.39, 0.29) is 30.0 Å². The molecule has 0 spiro atoms. The van der Waals surface area contributed by atoms with E-state index in [9.17, 15) is 31.1 Å². The van der Waals surface area contributed by atoms with Crippen LogP contribution < -0.4 is 15.4 Å². The zero-order chi connectivity index (χ0) is 31.3. The Morgan fingerprint density at radius 2 is 1.50 bits per heavy atom. The predicted molar refractivity (Wildman–Crippen MR) is 150 cm³/mol. The van der Waals surface area contributed by atoms with Crippen molar-refractivity contribution < 1.29 is 35.9 Å². The number of halogens is 6. The molecule has 0 saturated carbocycles. The third-order valence-electron chi connectivity index (χ3n) is 6.64. The summed E-state index contributed by atoms with van der Waals surface area (Å²) in [4.78, 5) is 26.4. The maximum Gasteiger partial charge on any atom is 0.422 e. The number of aromatic nitrogens is 3. The number of nitrogens with one attached hydrogen (secondary N) is 2. The topological polar surface area (TPSA) is 92.3 Å². The first-order valence-corrected chi connectivity index (χ1v) is 13.6. The first-order valence-electron chi connectivity index (χ1n) is 13.6. The number of anilines is 3. The molecule has 1 aromatic heterocycles. The van der Waals surface area contributed by atoms with Crippen LogP contribution in [-0.2, 0) is 12.7 Å². The van der Waals surface area contributed by atoms with Crippen molar-refractivity contribution in [3.05, 3.63) is 89.5 Å². The molecule has 3 aromatic carbocycles. The minimum Gasteiger partial charge on any atom is -0.454 e. The first-order chi connectivity index (χ1) is 20.9. The molecule has 0 bridgehead atoms. The zero-order valence-electron chi connectivity index (χ0n) is 23.0. The Morgan fingerprint density at radius 1 is 0.818 bits per heavy atom. The number of likely N-dealkylation sites (tertiary alicyclic amines) is 1. The Kier molecular flexibility index (Phi) is 8.88. The van der Waals surface area contributed by atoms with Crippen molar-refractivity contribution in [2.24, 2.45) is 0 Å². The van der Waals surface area contributed by atoms with E-state index < -0.39 is 30.5 Å². The molecule has 2 heterocycles. The third-order valence-corrected chi connectivity index (χ3v) is 6.64. The normalized spacial score (nSPS) is 13.5. The van der Waals surface area contributed by atoms with Crippen LogP contribution in [0.1, 0.15) is 34.3 Å². The van der Waals surface area contributed by atoms with E-state index >= 15 is 0 Å². The van der Waals surface area contributed by atoms with Crippen molar-refractivity contribution in [2.75, 3.05) is 30.3 Å². The number of carbonyl (C=O) groups is 1. The van der Waals surface area contributed by atoms with Gasteiger partial charge in [-0.15, -0.1) is 0 Å². The van der Waals surface area contributed by atoms with E-state index in [0.717, 1.165) is 60.8 Å². The highest BCUT2D eigenvalue weighted by molar-refractivity contribution is 5.95. The van der Waals surface area contributed by atoms with Crippen molar-refractivity contribution >= 4 is 23.5 Å². The molecule has 1 saturated heterocycles. The number of benzene rings is 3. The highest BCUT2D eigenvalue weighted by Gasteiger charge is 2.31. The van der Waals surface area contributed by atoms with E-state index in [4.69, 9.17) is 0 Å². The second-order valence-corrected chi connectivity index (χ2v) is 10.0. The van der Waals surface area contributed by atoms with Crippen molar-refractivity contribution in [1.82, 2.24) is 19.9 Å². The van der Waals surface area contributed by atoms with Crippen molar-refractivity contribution in [3.8, 4) is 17.1 Å². The molecule has 5 rings (SSSR count). The molecule has 230 valence electrons. The van der Waals surface area contributed by atoms with Crippen LogP contribution in [0.25, 0.3) is 11.1 Å². The van der Waals surface area contributed by atoms with Gasteiger partial charge >= 0.3 is 18.4 Å². The van der Waals surface area contributed by atoms with Gasteiger partial charge in [-0.25, -0.2) is 0 Å². The van der Waals surface area contributed by atoms with Gasteiger partial charge in [0.05, 0.1) is 5.56 Å². The number of amides is 1. The van der Waals surface area contributed by atoms with Gasteiger partial charge in [0, 0.05) is 30.9 Å². The van der Waals surface area contributed by atoms with Gasteiger partial charge in [-0.05, 0) is 65.9 Å². The molecule has 1 aliphatic rings. The number of carbonyl (C=O) groups excluding carboxylic acids is 1. The maximum atomic E-state index is 13.1. The smallest absolute Gasteiger partial charge is 0.422 e. The summed E-state index contributed by atoms with van der Waals surface area (Å²) < 4.78 is 82.5. The van der Waals surface area contributed by atoms with Gasteiger partial charge in [-0.2, -0.15) is 41.3 Å². The fourth-order valence-electron chi connectivity index (χ4n) is 4.58. The van der Waals surface area contributed by atoms with Crippen molar-refractivity contribution in [2.45, 2.75) is 31.7 Å². The third kappa shape index (κ3) is 8.14. The lowest BCUT2D eigenvalue weighted by atomic mass is 10.0. The molecular formula is C30H26F6N6O2. The molecule has 2 N–H and O–H groups in total. The van der Waals surface area contributed by atoms with Gasteiger partial charge in [0.25, 0.3) is 5.91 Å². The standard InChI is InChI=1S/C30H26F6N6O2/c31-29(32,33)18-44-28-40-26(39-27(41-28)38-24-11-5-10-23(16-24)30(34,35)36)37-17-19-6-3-7-20(14-19)21-8-4-9-22(15-21)25(43)42-12-1-2-13-42/h3-11,14-16H,1-2,12-13,17-18H2,(H2,37,38,39,40,41). The Balaban J connectivity index is 1.34. The molecule has 0 aliphatic carbocycles. The van der Waals surface area contributed by atoms with E-state index in [2.05, 4.69) is 30.3 Å². The summed E-state index contributed by atoms with van der Waals surface area (Å²) in [6, 6.07) is 18.2. The molecule has 0 atom stereocenters.